The van der Waals surface area contributed by atoms with Crippen LogP contribution in [0.25, 0.3) is 0 Å². The SMILES string of the molecule is O=C(Nc1ccccc1OC1CCCC1)N1C[C@@H]2CCC[C@@]2(C(=O)O)C1. The molecule has 0 aromatic heterocycles. The molecule has 2 saturated carbocycles. The summed E-state index contributed by atoms with van der Waals surface area (Å²) in [6.45, 7) is 0.814. The Morgan fingerprint density at radius 3 is 2.65 bits per heavy atom. The van der Waals surface area contributed by atoms with Gasteiger partial charge in [-0.2, -0.15) is 0 Å². The molecule has 140 valence electrons. The molecule has 2 aliphatic carbocycles. The fraction of sp³-hybridized carbons (Fsp3) is 0.600. The summed E-state index contributed by atoms with van der Waals surface area (Å²) in [6, 6.07) is 7.26. The highest BCUT2D eigenvalue weighted by molar-refractivity contribution is 5.92. The molecule has 0 unspecified atom stereocenters. The van der Waals surface area contributed by atoms with E-state index in [-0.39, 0.29) is 18.1 Å². The predicted molar refractivity (Wildman–Crippen MR) is 97.3 cm³/mol. The fourth-order valence-corrected chi connectivity index (χ4v) is 4.85. The lowest BCUT2D eigenvalue weighted by Gasteiger charge is -2.24. The summed E-state index contributed by atoms with van der Waals surface area (Å²) in [4.78, 5) is 26.2. The molecule has 0 bridgehead atoms. The summed E-state index contributed by atoms with van der Waals surface area (Å²) in [5.41, 5.74) is -0.0946. The Balaban J connectivity index is 1.45. The highest BCUT2D eigenvalue weighted by atomic mass is 16.5. The summed E-state index contributed by atoms with van der Waals surface area (Å²) in [5.74, 6) is -0.00362. The number of urea groups is 1. The zero-order valence-electron chi connectivity index (χ0n) is 14.9. The lowest BCUT2D eigenvalue weighted by atomic mass is 9.81. The Morgan fingerprint density at radius 1 is 1.15 bits per heavy atom. The van der Waals surface area contributed by atoms with Crippen molar-refractivity contribution >= 4 is 17.7 Å². The van der Waals surface area contributed by atoms with Crippen LogP contribution in [0.2, 0.25) is 0 Å². The van der Waals surface area contributed by atoms with Gasteiger partial charge in [-0.1, -0.05) is 18.6 Å². The van der Waals surface area contributed by atoms with Crippen molar-refractivity contribution in [3.8, 4) is 5.75 Å². The third-order valence-corrected chi connectivity index (χ3v) is 6.31. The van der Waals surface area contributed by atoms with Gasteiger partial charge < -0.3 is 20.1 Å². The second-order valence-corrected chi connectivity index (χ2v) is 7.88. The number of carbonyl (C=O) groups is 2. The molecule has 0 radical (unpaired) electrons. The Labute approximate surface area is 153 Å². The number of nitrogens with zero attached hydrogens (tertiary/aromatic N) is 1. The molecule has 1 aromatic carbocycles. The molecule has 1 saturated heterocycles. The van der Waals surface area contributed by atoms with E-state index in [4.69, 9.17) is 4.74 Å². The van der Waals surface area contributed by atoms with Crippen LogP contribution in [-0.4, -0.2) is 41.2 Å². The van der Waals surface area contributed by atoms with E-state index in [9.17, 15) is 14.7 Å². The highest BCUT2D eigenvalue weighted by Gasteiger charge is 2.55. The van der Waals surface area contributed by atoms with Gasteiger partial charge in [-0.15, -0.1) is 0 Å². The van der Waals surface area contributed by atoms with Crippen LogP contribution < -0.4 is 10.1 Å². The second kappa shape index (κ2) is 6.82. The molecule has 2 atom stereocenters. The van der Waals surface area contributed by atoms with E-state index in [1.165, 1.54) is 12.8 Å². The summed E-state index contributed by atoms with van der Waals surface area (Å²) in [6.07, 6.45) is 7.18. The third kappa shape index (κ3) is 3.02. The summed E-state index contributed by atoms with van der Waals surface area (Å²) >= 11 is 0. The van der Waals surface area contributed by atoms with Crippen LogP contribution >= 0.6 is 0 Å². The quantitative estimate of drug-likeness (QED) is 0.860. The minimum Gasteiger partial charge on any atom is -0.488 e. The van der Waals surface area contributed by atoms with Crippen LogP contribution in [0, 0.1) is 11.3 Å². The zero-order chi connectivity index (χ0) is 18.1. The zero-order valence-corrected chi connectivity index (χ0v) is 14.9. The number of carboxylic acid groups (broad SMARTS) is 1. The van der Waals surface area contributed by atoms with Gasteiger partial charge in [-0.05, 0) is 56.6 Å². The van der Waals surface area contributed by atoms with Gasteiger partial charge in [0.1, 0.15) is 5.75 Å². The van der Waals surface area contributed by atoms with Crippen molar-refractivity contribution < 1.29 is 19.4 Å². The van der Waals surface area contributed by atoms with Gasteiger partial charge in [-0.25, -0.2) is 4.79 Å². The number of anilines is 1. The topological polar surface area (TPSA) is 78.9 Å². The van der Waals surface area contributed by atoms with Crippen molar-refractivity contribution in [1.82, 2.24) is 4.90 Å². The molecule has 0 spiro atoms. The van der Waals surface area contributed by atoms with Crippen LogP contribution in [0.3, 0.4) is 0 Å². The van der Waals surface area contributed by atoms with Crippen molar-refractivity contribution in [3.63, 3.8) is 0 Å². The van der Waals surface area contributed by atoms with Crippen molar-refractivity contribution in [3.05, 3.63) is 24.3 Å². The largest absolute Gasteiger partial charge is 0.488 e. The first-order valence-electron chi connectivity index (χ1n) is 9.63. The van der Waals surface area contributed by atoms with Crippen LogP contribution in [-0.2, 0) is 4.79 Å². The molecule has 4 rings (SSSR count). The average Bonchev–Trinajstić information content (AvgIpc) is 3.31. The standard InChI is InChI=1S/C20H26N2O4/c23-18(24)20-11-5-6-14(20)12-22(13-20)19(25)21-16-9-3-4-10-17(16)26-15-7-1-2-8-15/h3-4,9-10,14-15H,1-2,5-8,11-13H2,(H,21,25)(H,23,24)/t14-,20+/m0/s1. The second-order valence-electron chi connectivity index (χ2n) is 7.88. The number of amides is 2. The number of nitrogens with one attached hydrogen (secondary N) is 1. The van der Waals surface area contributed by atoms with Crippen LogP contribution in [0.1, 0.15) is 44.9 Å². The molecule has 1 aromatic rings. The smallest absolute Gasteiger partial charge is 0.321 e. The van der Waals surface area contributed by atoms with Crippen LogP contribution in [0.4, 0.5) is 10.5 Å². The number of benzene rings is 1. The van der Waals surface area contributed by atoms with E-state index >= 15 is 0 Å². The Kier molecular flexibility index (Phi) is 4.51. The van der Waals surface area contributed by atoms with Gasteiger partial charge in [0.2, 0.25) is 0 Å². The number of carboxylic acids is 1. The first-order chi connectivity index (χ1) is 12.6. The lowest BCUT2D eigenvalue weighted by Crippen LogP contribution is -2.38. The monoisotopic (exact) mass is 358 g/mol. The number of aliphatic carboxylic acids is 1. The number of ether oxygens (including phenoxy) is 1. The van der Waals surface area contributed by atoms with E-state index in [1.807, 2.05) is 24.3 Å². The molecule has 1 aliphatic heterocycles. The summed E-state index contributed by atoms with van der Waals surface area (Å²) in [7, 11) is 0. The predicted octanol–water partition coefficient (Wildman–Crippen LogP) is 3.73. The van der Waals surface area contributed by atoms with Gasteiger partial charge >= 0.3 is 12.0 Å². The number of hydrogen-bond donors (Lipinski definition) is 2. The van der Waals surface area contributed by atoms with Crippen molar-refractivity contribution in [2.75, 3.05) is 18.4 Å². The normalized spacial score (nSPS) is 28.2. The number of likely N-dealkylation sites (tertiary alicyclic amines) is 1. The highest BCUT2D eigenvalue weighted by Crippen LogP contribution is 2.49. The van der Waals surface area contributed by atoms with E-state index in [0.717, 1.165) is 25.7 Å². The first kappa shape index (κ1) is 17.2. The van der Waals surface area contributed by atoms with Gasteiger partial charge in [0.25, 0.3) is 0 Å². The molecular formula is C20H26N2O4. The number of fused-ring (bicyclic) bond motifs is 1. The van der Waals surface area contributed by atoms with Gasteiger partial charge in [0, 0.05) is 13.1 Å². The van der Waals surface area contributed by atoms with Gasteiger partial charge in [0.05, 0.1) is 17.2 Å². The van der Waals surface area contributed by atoms with Crippen LogP contribution in [0.15, 0.2) is 24.3 Å². The summed E-state index contributed by atoms with van der Waals surface area (Å²) < 4.78 is 6.08. The average molecular weight is 358 g/mol. The first-order valence-corrected chi connectivity index (χ1v) is 9.63. The molecular weight excluding hydrogens is 332 g/mol. The molecule has 26 heavy (non-hydrogen) atoms. The number of para-hydroxylation sites is 2. The van der Waals surface area contributed by atoms with Crippen LogP contribution in [0.5, 0.6) is 5.75 Å². The van der Waals surface area contributed by atoms with Gasteiger partial charge in [-0.3, -0.25) is 4.79 Å². The molecule has 3 aliphatic rings. The molecule has 2 amide bonds. The molecule has 1 heterocycles. The fourth-order valence-electron chi connectivity index (χ4n) is 4.85. The molecule has 6 heteroatoms. The maximum atomic E-state index is 12.8. The van der Waals surface area contributed by atoms with E-state index in [2.05, 4.69) is 5.32 Å². The Bertz CT molecular complexity index is 701. The van der Waals surface area contributed by atoms with E-state index in [0.29, 0.717) is 30.9 Å². The molecule has 6 nitrogen and oxygen atoms in total. The maximum absolute atomic E-state index is 12.8. The minimum absolute atomic E-state index is 0.0655. The maximum Gasteiger partial charge on any atom is 0.321 e. The van der Waals surface area contributed by atoms with Crippen molar-refractivity contribution in [2.24, 2.45) is 11.3 Å². The molecule has 2 N–H and O–H groups in total. The number of rotatable bonds is 4. The third-order valence-electron chi connectivity index (χ3n) is 6.31. The van der Waals surface area contributed by atoms with Crippen molar-refractivity contribution in [1.29, 1.82) is 0 Å². The number of hydrogen-bond acceptors (Lipinski definition) is 3. The van der Waals surface area contributed by atoms with E-state index < -0.39 is 11.4 Å². The number of carbonyl (C=O) groups excluding carboxylic acids is 1. The van der Waals surface area contributed by atoms with Gasteiger partial charge in [0.15, 0.2) is 0 Å². The molecule has 3 fully saturated rings. The van der Waals surface area contributed by atoms with E-state index in [1.54, 1.807) is 4.90 Å². The Morgan fingerprint density at radius 2 is 1.92 bits per heavy atom. The Hall–Kier alpha value is -2.24. The van der Waals surface area contributed by atoms with Crippen molar-refractivity contribution in [2.45, 2.75) is 51.0 Å². The summed E-state index contributed by atoms with van der Waals surface area (Å²) in [5, 5.41) is 12.6. The minimum atomic E-state index is -0.764. The lowest BCUT2D eigenvalue weighted by molar-refractivity contribution is -0.149.